The number of benzene rings is 2. The zero-order chi connectivity index (χ0) is 22.7. The van der Waals surface area contributed by atoms with E-state index in [0.29, 0.717) is 40.6 Å². The second kappa shape index (κ2) is 9.79. The molecule has 0 radical (unpaired) electrons. The Bertz CT molecular complexity index is 968. The number of hydrogen-bond acceptors (Lipinski definition) is 5. The van der Waals surface area contributed by atoms with Crippen molar-refractivity contribution in [1.29, 1.82) is 0 Å². The van der Waals surface area contributed by atoms with Crippen LogP contribution in [0.15, 0.2) is 36.4 Å². The van der Waals surface area contributed by atoms with Crippen LogP contribution in [-0.4, -0.2) is 43.5 Å². The summed E-state index contributed by atoms with van der Waals surface area (Å²) in [6.45, 7) is 0.891. The zero-order valence-corrected chi connectivity index (χ0v) is 19.0. The van der Waals surface area contributed by atoms with Crippen molar-refractivity contribution >= 4 is 35.3 Å². The van der Waals surface area contributed by atoms with E-state index < -0.39 is 0 Å². The first-order valence-corrected chi connectivity index (χ1v) is 11.2. The maximum atomic E-state index is 13.1. The fraction of sp³-hybridized carbons (Fsp3) is 0.417. The zero-order valence-electron chi connectivity index (χ0n) is 18.3. The van der Waals surface area contributed by atoms with Gasteiger partial charge in [-0.15, -0.1) is 0 Å². The number of carbonyl (C=O) groups excluding carboxylic acids is 2. The van der Waals surface area contributed by atoms with E-state index in [4.69, 9.17) is 21.1 Å². The molecule has 2 fully saturated rings. The summed E-state index contributed by atoms with van der Waals surface area (Å²) >= 11 is 6.24. The summed E-state index contributed by atoms with van der Waals surface area (Å²) < 4.78 is 10.6. The highest BCUT2D eigenvalue weighted by Crippen LogP contribution is 2.41. The van der Waals surface area contributed by atoms with Gasteiger partial charge in [0, 0.05) is 30.6 Å². The van der Waals surface area contributed by atoms with Crippen LogP contribution in [0.4, 0.5) is 11.4 Å². The minimum absolute atomic E-state index is 0.0172. The number of ether oxygens (including phenoxy) is 2. The number of halogens is 1. The van der Waals surface area contributed by atoms with Crippen LogP contribution in [0.25, 0.3) is 0 Å². The number of nitrogens with zero attached hydrogens (tertiary/aromatic N) is 1. The minimum atomic E-state index is -0.0594. The highest BCUT2D eigenvalue weighted by Gasteiger charge is 2.42. The van der Waals surface area contributed by atoms with Gasteiger partial charge in [0.25, 0.3) is 0 Å². The Hall–Kier alpha value is -2.77. The highest BCUT2D eigenvalue weighted by atomic mass is 35.5. The van der Waals surface area contributed by atoms with Crippen molar-refractivity contribution in [3.8, 4) is 11.5 Å². The van der Waals surface area contributed by atoms with Crippen LogP contribution in [-0.2, 0) is 16.1 Å². The number of nitrogens with one attached hydrogen (secondary N) is 2. The van der Waals surface area contributed by atoms with E-state index >= 15 is 0 Å². The lowest BCUT2D eigenvalue weighted by atomic mass is 9.89. The molecule has 2 unspecified atom stereocenters. The number of fused-ring (bicyclic) bond motifs is 2. The summed E-state index contributed by atoms with van der Waals surface area (Å²) in [6.07, 6.45) is 4.45. The lowest BCUT2D eigenvalue weighted by Gasteiger charge is -2.38. The van der Waals surface area contributed by atoms with E-state index in [2.05, 4.69) is 27.7 Å². The van der Waals surface area contributed by atoms with E-state index in [-0.39, 0.29) is 11.8 Å². The van der Waals surface area contributed by atoms with Crippen molar-refractivity contribution in [3.05, 3.63) is 47.0 Å². The van der Waals surface area contributed by atoms with Gasteiger partial charge in [-0.1, -0.05) is 23.7 Å². The molecule has 2 aromatic carbocycles. The van der Waals surface area contributed by atoms with Gasteiger partial charge < -0.3 is 20.1 Å². The van der Waals surface area contributed by atoms with Crippen LogP contribution in [0.3, 0.4) is 0 Å². The number of anilines is 2. The molecule has 4 rings (SSSR count). The second-order valence-electron chi connectivity index (χ2n) is 8.36. The molecule has 2 N–H and O–H groups in total. The molecular weight excluding hydrogens is 430 g/mol. The van der Waals surface area contributed by atoms with Gasteiger partial charge in [-0.05, 0) is 49.4 Å². The molecule has 2 bridgehead atoms. The van der Waals surface area contributed by atoms with Gasteiger partial charge in [-0.25, -0.2) is 0 Å². The van der Waals surface area contributed by atoms with Crippen LogP contribution >= 0.6 is 11.6 Å². The highest BCUT2D eigenvalue weighted by molar-refractivity contribution is 6.34. The molecule has 2 saturated heterocycles. The molecule has 7 nitrogen and oxygen atoms in total. The van der Waals surface area contributed by atoms with Gasteiger partial charge in [0.1, 0.15) is 11.5 Å². The molecule has 170 valence electrons. The third-order valence-electron chi connectivity index (χ3n) is 6.54. The Morgan fingerprint density at radius 3 is 2.38 bits per heavy atom. The monoisotopic (exact) mass is 457 g/mol. The number of amides is 2. The topological polar surface area (TPSA) is 79.9 Å². The third-order valence-corrected chi connectivity index (χ3v) is 6.85. The molecule has 2 heterocycles. The van der Waals surface area contributed by atoms with Crippen molar-refractivity contribution in [3.63, 3.8) is 0 Å². The predicted molar refractivity (Wildman–Crippen MR) is 124 cm³/mol. The van der Waals surface area contributed by atoms with E-state index in [1.165, 1.54) is 12.7 Å². The van der Waals surface area contributed by atoms with Gasteiger partial charge in [0.15, 0.2) is 0 Å². The Balaban J connectivity index is 1.41. The fourth-order valence-corrected chi connectivity index (χ4v) is 5.14. The van der Waals surface area contributed by atoms with Crippen LogP contribution in [0.1, 0.15) is 31.2 Å². The molecule has 2 atom stereocenters. The molecule has 0 aliphatic carbocycles. The average molecular weight is 458 g/mol. The Morgan fingerprint density at radius 1 is 1.09 bits per heavy atom. The summed E-state index contributed by atoms with van der Waals surface area (Å²) in [6, 6.07) is 12.2. The van der Waals surface area contributed by atoms with Crippen molar-refractivity contribution in [2.75, 3.05) is 24.9 Å². The molecule has 2 aromatic rings. The molecule has 2 aliphatic rings. The van der Waals surface area contributed by atoms with Crippen molar-refractivity contribution in [1.82, 2.24) is 4.90 Å². The van der Waals surface area contributed by atoms with Crippen molar-refractivity contribution in [2.45, 2.75) is 44.3 Å². The SMILES string of the molecule is COc1ccc(CN2C3CCC2CC(C(=O)Nc2cc(Cl)c(NC=O)cc2OC)C3)cc1. The summed E-state index contributed by atoms with van der Waals surface area (Å²) in [4.78, 5) is 26.4. The molecule has 2 amide bonds. The first kappa shape index (κ1) is 22.4. The number of rotatable bonds is 8. The standard InChI is InChI=1S/C24H28ClN3O4/c1-31-19-7-3-15(4-8-19)13-28-17-5-6-18(28)10-16(9-17)24(30)27-22-11-20(25)21(26-14-29)12-23(22)32-2/h3-4,7-8,11-12,14,16-18H,5-6,9-10,13H2,1-2H3,(H,26,29)(H,27,30). The maximum Gasteiger partial charge on any atom is 0.227 e. The predicted octanol–water partition coefficient (Wildman–Crippen LogP) is 4.31. The largest absolute Gasteiger partial charge is 0.497 e. The van der Waals surface area contributed by atoms with E-state index in [0.717, 1.165) is 38.0 Å². The third kappa shape index (κ3) is 4.69. The molecule has 0 aromatic heterocycles. The van der Waals surface area contributed by atoms with Gasteiger partial charge in [-0.3, -0.25) is 14.5 Å². The van der Waals surface area contributed by atoms with E-state index in [1.807, 2.05) is 12.1 Å². The van der Waals surface area contributed by atoms with Gasteiger partial charge in [0.2, 0.25) is 12.3 Å². The number of carbonyl (C=O) groups is 2. The summed E-state index contributed by atoms with van der Waals surface area (Å²) in [5.41, 5.74) is 2.20. The van der Waals surface area contributed by atoms with Crippen molar-refractivity contribution < 1.29 is 19.1 Å². The van der Waals surface area contributed by atoms with Gasteiger partial charge in [-0.2, -0.15) is 0 Å². The Labute approximate surface area is 193 Å². The fourth-order valence-electron chi connectivity index (χ4n) is 4.92. The molecule has 2 aliphatic heterocycles. The number of piperidine rings is 1. The van der Waals surface area contributed by atoms with Crippen LogP contribution in [0, 0.1) is 5.92 Å². The maximum absolute atomic E-state index is 13.1. The minimum Gasteiger partial charge on any atom is -0.497 e. The number of hydrogen-bond donors (Lipinski definition) is 2. The summed E-state index contributed by atoms with van der Waals surface area (Å²) in [5, 5.41) is 5.85. The Kier molecular flexibility index (Phi) is 6.86. The molecular formula is C24H28ClN3O4. The molecule has 0 spiro atoms. The van der Waals surface area contributed by atoms with E-state index in [1.54, 1.807) is 19.2 Å². The average Bonchev–Trinajstić information content (AvgIpc) is 3.02. The smallest absolute Gasteiger partial charge is 0.227 e. The lowest BCUT2D eigenvalue weighted by molar-refractivity contribution is -0.122. The van der Waals surface area contributed by atoms with Crippen molar-refractivity contribution in [2.24, 2.45) is 5.92 Å². The second-order valence-corrected chi connectivity index (χ2v) is 8.76. The van der Waals surface area contributed by atoms with Crippen LogP contribution in [0.5, 0.6) is 11.5 Å². The first-order chi connectivity index (χ1) is 15.5. The van der Waals surface area contributed by atoms with Gasteiger partial charge >= 0.3 is 0 Å². The van der Waals surface area contributed by atoms with Crippen LogP contribution in [0.2, 0.25) is 5.02 Å². The molecule has 8 heteroatoms. The summed E-state index contributed by atoms with van der Waals surface area (Å²) in [5.74, 6) is 1.23. The lowest BCUT2D eigenvalue weighted by Crippen LogP contribution is -2.45. The molecule has 32 heavy (non-hydrogen) atoms. The molecule has 0 saturated carbocycles. The first-order valence-electron chi connectivity index (χ1n) is 10.8. The number of methoxy groups -OCH3 is 2. The normalized spacial score (nSPS) is 22.3. The van der Waals surface area contributed by atoms with Crippen LogP contribution < -0.4 is 20.1 Å². The quantitative estimate of drug-likeness (QED) is 0.577. The summed E-state index contributed by atoms with van der Waals surface area (Å²) in [7, 11) is 3.19. The Morgan fingerprint density at radius 2 is 1.78 bits per heavy atom. The van der Waals surface area contributed by atoms with E-state index in [9.17, 15) is 9.59 Å². The van der Waals surface area contributed by atoms with Gasteiger partial charge in [0.05, 0.1) is 30.6 Å².